The van der Waals surface area contributed by atoms with Crippen molar-refractivity contribution in [1.82, 2.24) is 14.8 Å². The second kappa shape index (κ2) is 11.7. The summed E-state index contributed by atoms with van der Waals surface area (Å²) in [4.78, 5) is 18.2. The van der Waals surface area contributed by atoms with E-state index in [2.05, 4.69) is 5.10 Å². The van der Waals surface area contributed by atoms with Gasteiger partial charge in [0.25, 0.3) is 0 Å². The van der Waals surface area contributed by atoms with Gasteiger partial charge in [0.1, 0.15) is 24.2 Å². The maximum atomic E-state index is 12.0. The highest BCUT2D eigenvalue weighted by Crippen LogP contribution is 2.49. The number of methoxy groups -OCH3 is 1. The van der Waals surface area contributed by atoms with Gasteiger partial charge >= 0.3 is 5.97 Å². The van der Waals surface area contributed by atoms with Gasteiger partial charge < -0.3 is 14.3 Å². The molecule has 1 aliphatic heterocycles. The van der Waals surface area contributed by atoms with Crippen LogP contribution < -0.4 is 4.74 Å². The highest BCUT2D eigenvalue weighted by atomic mass is 35.5. The van der Waals surface area contributed by atoms with Crippen molar-refractivity contribution in [2.24, 2.45) is 13.0 Å². The Bertz CT molecular complexity index is 1740. The van der Waals surface area contributed by atoms with Gasteiger partial charge in [-0.25, -0.2) is 4.79 Å². The van der Waals surface area contributed by atoms with E-state index in [4.69, 9.17) is 49.1 Å². The smallest absolute Gasteiger partial charge is 0.359 e. The summed E-state index contributed by atoms with van der Waals surface area (Å²) < 4.78 is 12.8. The molecule has 1 unspecified atom stereocenters. The maximum absolute atomic E-state index is 12.0. The Balaban J connectivity index is 1.20. The number of fused-ring (bicyclic) bond motifs is 1. The summed E-state index contributed by atoms with van der Waals surface area (Å²) >= 11 is 19.9. The van der Waals surface area contributed by atoms with Gasteiger partial charge in [-0.1, -0.05) is 59.1 Å². The Labute approximate surface area is 258 Å². The number of carbonyl (C=O) groups excluding carboxylic acids is 1. The monoisotopic (exact) mass is 623 g/mol. The van der Waals surface area contributed by atoms with Crippen LogP contribution in [0.2, 0.25) is 15.1 Å². The molecule has 3 aromatic carbocycles. The SMILES string of the molecule is COC(=O)c1nn(C)c2cc(/C=C/c3ccc(OCC4=C(C5CC5)ON(C)C4c4c(Cl)cccc4Cl)cc3Cl)ccc12. The van der Waals surface area contributed by atoms with Crippen LogP contribution in [0.1, 0.15) is 46.1 Å². The number of hydrogen-bond donors (Lipinski definition) is 0. The third-order valence-electron chi connectivity index (χ3n) is 7.55. The van der Waals surface area contributed by atoms with Gasteiger partial charge in [0.05, 0.1) is 17.6 Å². The number of aryl methyl sites for hydroxylation is 1. The molecule has 4 aromatic rings. The summed E-state index contributed by atoms with van der Waals surface area (Å²) in [5.74, 6) is 1.50. The van der Waals surface area contributed by atoms with Gasteiger partial charge in [-0.2, -0.15) is 5.10 Å². The van der Waals surface area contributed by atoms with E-state index in [1.54, 1.807) is 16.8 Å². The highest BCUT2D eigenvalue weighted by molar-refractivity contribution is 6.36. The predicted octanol–water partition coefficient (Wildman–Crippen LogP) is 8.15. The van der Waals surface area contributed by atoms with Crippen LogP contribution in [-0.4, -0.2) is 41.6 Å². The predicted molar refractivity (Wildman–Crippen MR) is 166 cm³/mol. The van der Waals surface area contributed by atoms with Crippen LogP contribution in [0.15, 0.2) is 65.9 Å². The molecular formula is C32H28Cl3N3O4. The lowest BCUT2D eigenvalue weighted by Gasteiger charge is -2.23. The van der Waals surface area contributed by atoms with Crippen molar-refractivity contribution < 1.29 is 19.1 Å². The van der Waals surface area contributed by atoms with E-state index in [0.717, 1.165) is 51.8 Å². The molecule has 7 nitrogen and oxygen atoms in total. The van der Waals surface area contributed by atoms with Crippen LogP contribution in [0.5, 0.6) is 5.75 Å². The minimum atomic E-state index is -0.464. The lowest BCUT2D eigenvalue weighted by atomic mass is 9.97. The van der Waals surface area contributed by atoms with Gasteiger partial charge in [-0.15, -0.1) is 5.06 Å². The second-order valence-electron chi connectivity index (χ2n) is 10.4. The van der Waals surface area contributed by atoms with E-state index in [1.807, 2.05) is 73.8 Å². The number of likely N-dealkylation sites (N-methyl/N-ethyl adjacent to an activating group) is 1. The topological polar surface area (TPSA) is 65.8 Å². The summed E-state index contributed by atoms with van der Waals surface area (Å²) in [5.41, 5.74) is 4.71. The van der Waals surface area contributed by atoms with Crippen molar-refractivity contribution in [3.05, 3.63) is 103 Å². The Morgan fingerprint density at radius 1 is 1.02 bits per heavy atom. The van der Waals surface area contributed by atoms with Gasteiger partial charge in [0.15, 0.2) is 5.69 Å². The van der Waals surface area contributed by atoms with E-state index in [0.29, 0.717) is 39.0 Å². The number of benzene rings is 3. The number of carbonyl (C=O) groups is 1. The van der Waals surface area contributed by atoms with Gasteiger partial charge in [0, 0.05) is 46.6 Å². The first-order chi connectivity index (χ1) is 20.2. The molecular weight excluding hydrogens is 597 g/mol. The average molecular weight is 625 g/mol. The number of halogens is 3. The number of aromatic nitrogens is 2. The first kappa shape index (κ1) is 28.6. The van der Waals surface area contributed by atoms with Crippen LogP contribution in [-0.2, 0) is 16.6 Å². The Hall–Kier alpha value is -3.49. The average Bonchev–Trinajstić information content (AvgIpc) is 3.70. The zero-order valence-electron chi connectivity index (χ0n) is 23.2. The largest absolute Gasteiger partial charge is 0.489 e. The van der Waals surface area contributed by atoms with Crippen molar-refractivity contribution in [2.75, 3.05) is 20.8 Å². The second-order valence-corrected chi connectivity index (χ2v) is 11.6. The number of ether oxygens (including phenoxy) is 2. The fourth-order valence-corrected chi connectivity index (χ4v) is 6.12. The number of hydroxylamine groups is 2. The summed E-state index contributed by atoms with van der Waals surface area (Å²) in [6, 6.07) is 16.6. The van der Waals surface area contributed by atoms with Crippen molar-refractivity contribution in [1.29, 1.82) is 0 Å². The molecule has 10 heteroatoms. The zero-order valence-corrected chi connectivity index (χ0v) is 25.5. The number of hydrogen-bond acceptors (Lipinski definition) is 6. The third-order valence-corrected chi connectivity index (χ3v) is 8.54. The van der Waals surface area contributed by atoms with Crippen molar-refractivity contribution in [2.45, 2.75) is 18.9 Å². The molecule has 2 heterocycles. The standard InChI is InChI=1S/C32H28Cl3N3O4/c1-37-27-15-18(8-14-22(27)29(36-37)32(39)40-3)7-9-19-12-13-21(16-26(19)35)41-17-23-30(28-24(33)5-4-6-25(28)34)38(2)42-31(23)20-10-11-20/h4-9,12-16,20,30H,10-11,17H2,1-3H3/b9-7+. The normalized spacial score (nSPS) is 17.3. The van der Waals surface area contributed by atoms with Crippen molar-refractivity contribution in [3.8, 4) is 5.75 Å². The molecule has 1 saturated carbocycles. The fourth-order valence-electron chi connectivity index (χ4n) is 5.29. The number of rotatable bonds is 8. The van der Waals surface area contributed by atoms with E-state index >= 15 is 0 Å². The number of allylic oxidation sites excluding steroid dienone is 1. The van der Waals surface area contributed by atoms with Crippen LogP contribution in [0.25, 0.3) is 23.1 Å². The molecule has 0 N–H and O–H groups in total. The minimum absolute atomic E-state index is 0.250. The van der Waals surface area contributed by atoms with Crippen LogP contribution in [0, 0.1) is 5.92 Å². The molecule has 0 bridgehead atoms. The van der Waals surface area contributed by atoms with Crippen LogP contribution >= 0.6 is 34.8 Å². The summed E-state index contributed by atoms with van der Waals surface area (Å²) in [5, 5.41) is 8.57. The van der Waals surface area contributed by atoms with E-state index in [9.17, 15) is 4.79 Å². The van der Waals surface area contributed by atoms with Gasteiger partial charge in [-0.05, 0) is 66.4 Å². The number of nitrogens with zero attached hydrogens (tertiary/aromatic N) is 3. The minimum Gasteiger partial charge on any atom is -0.489 e. The van der Waals surface area contributed by atoms with Crippen LogP contribution in [0.4, 0.5) is 0 Å². The molecule has 1 fully saturated rings. The molecule has 2 aliphatic rings. The molecule has 42 heavy (non-hydrogen) atoms. The Morgan fingerprint density at radius 2 is 1.79 bits per heavy atom. The van der Waals surface area contributed by atoms with Crippen molar-refractivity contribution in [3.63, 3.8) is 0 Å². The van der Waals surface area contributed by atoms with E-state index in [1.165, 1.54) is 7.11 Å². The lowest BCUT2D eigenvalue weighted by molar-refractivity contribution is -0.1000. The molecule has 1 atom stereocenters. The van der Waals surface area contributed by atoms with E-state index < -0.39 is 5.97 Å². The maximum Gasteiger partial charge on any atom is 0.359 e. The summed E-state index contributed by atoms with van der Waals surface area (Å²) in [6.45, 7) is 0.312. The van der Waals surface area contributed by atoms with Crippen molar-refractivity contribution >= 4 is 63.8 Å². The highest BCUT2D eigenvalue weighted by Gasteiger charge is 2.42. The Morgan fingerprint density at radius 3 is 2.48 bits per heavy atom. The quantitative estimate of drug-likeness (QED) is 0.146. The number of esters is 1. The third kappa shape index (κ3) is 5.50. The molecule has 1 aromatic heterocycles. The molecule has 0 saturated heterocycles. The first-order valence-electron chi connectivity index (χ1n) is 13.5. The summed E-state index contributed by atoms with van der Waals surface area (Å²) in [7, 11) is 5.03. The van der Waals surface area contributed by atoms with Crippen LogP contribution in [0.3, 0.4) is 0 Å². The summed E-state index contributed by atoms with van der Waals surface area (Å²) in [6.07, 6.45) is 6.07. The molecule has 216 valence electrons. The first-order valence-corrected chi connectivity index (χ1v) is 14.6. The van der Waals surface area contributed by atoms with Gasteiger partial charge in [0.2, 0.25) is 0 Å². The fraction of sp³-hybridized carbons (Fsp3) is 0.250. The molecule has 1 aliphatic carbocycles. The molecule has 0 radical (unpaired) electrons. The zero-order chi connectivity index (χ0) is 29.5. The molecule has 6 rings (SSSR count). The molecule has 0 spiro atoms. The Kier molecular flexibility index (Phi) is 7.94. The lowest BCUT2D eigenvalue weighted by Crippen LogP contribution is -2.22. The molecule has 0 amide bonds. The van der Waals surface area contributed by atoms with E-state index in [-0.39, 0.29) is 6.04 Å². The van der Waals surface area contributed by atoms with Gasteiger partial charge in [-0.3, -0.25) is 4.68 Å².